The average molecular weight is 300 g/mol. The van der Waals surface area contributed by atoms with Gasteiger partial charge in [-0.3, -0.25) is 19.7 Å². The number of carbonyl (C=O) groups excluding carboxylic acids is 3. The Kier molecular flexibility index (Phi) is 5.24. The molecule has 112 valence electrons. The van der Waals surface area contributed by atoms with E-state index in [0.29, 0.717) is 12.5 Å². The van der Waals surface area contributed by atoms with E-state index >= 15 is 0 Å². The van der Waals surface area contributed by atoms with Crippen LogP contribution in [0.2, 0.25) is 0 Å². The molecule has 7 nitrogen and oxygen atoms in total. The normalized spacial score (nSPS) is 25.8. The highest BCUT2D eigenvalue weighted by atomic mass is 32.2. The van der Waals surface area contributed by atoms with Gasteiger partial charge in [0, 0.05) is 32.0 Å². The van der Waals surface area contributed by atoms with Gasteiger partial charge in [-0.15, -0.1) is 11.8 Å². The molecule has 1 saturated heterocycles. The molecule has 1 aliphatic heterocycles. The van der Waals surface area contributed by atoms with Crippen molar-refractivity contribution in [3.63, 3.8) is 0 Å². The minimum absolute atomic E-state index is 0.0187. The molecule has 1 aliphatic carbocycles. The highest BCUT2D eigenvalue weighted by Crippen LogP contribution is 2.19. The molecule has 0 bridgehead atoms. The first-order valence-electron chi connectivity index (χ1n) is 6.74. The lowest BCUT2D eigenvalue weighted by molar-refractivity contribution is -0.125. The van der Waals surface area contributed by atoms with Crippen molar-refractivity contribution in [2.24, 2.45) is 0 Å². The van der Waals surface area contributed by atoms with Crippen molar-refractivity contribution < 1.29 is 14.4 Å². The van der Waals surface area contributed by atoms with Crippen LogP contribution in [0.5, 0.6) is 0 Å². The Morgan fingerprint density at radius 1 is 1.35 bits per heavy atom. The van der Waals surface area contributed by atoms with Crippen molar-refractivity contribution in [2.75, 3.05) is 12.8 Å². The molecule has 20 heavy (non-hydrogen) atoms. The number of thioether (sulfide) groups is 1. The topological polar surface area (TPSA) is 99.3 Å². The molecule has 2 aliphatic rings. The second-order valence-corrected chi connectivity index (χ2v) is 6.14. The fourth-order valence-electron chi connectivity index (χ4n) is 1.93. The van der Waals surface area contributed by atoms with E-state index in [0.717, 1.165) is 12.8 Å². The van der Waals surface area contributed by atoms with E-state index in [9.17, 15) is 14.4 Å². The van der Waals surface area contributed by atoms with Crippen molar-refractivity contribution in [3.05, 3.63) is 0 Å². The lowest BCUT2D eigenvalue weighted by Crippen LogP contribution is -2.56. The third-order valence-electron chi connectivity index (χ3n) is 3.15. The Balaban J connectivity index is 1.76. The molecule has 0 radical (unpaired) electrons. The summed E-state index contributed by atoms with van der Waals surface area (Å²) in [6.07, 6.45) is 2.68. The van der Waals surface area contributed by atoms with Crippen LogP contribution in [-0.4, -0.2) is 48.1 Å². The predicted octanol–water partition coefficient (Wildman–Crippen LogP) is -1.10. The molecule has 2 rings (SSSR count). The zero-order valence-corrected chi connectivity index (χ0v) is 12.2. The quantitative estimate of drug-likeness (QED) is 0.499. The first-order valence-corrected chi connectivity index (χ1v) is 7.78. The summed E-state index contributed by atoms with van der Waals surface area (Å²) in [6, 6.07) is 0.156. The minimum Gasteiger partial charge on any atom is -0.358 e. The van der Waals surface area contributed by atoms with Crippen LogP contribution in [-0.2, 0) is 14.4 Å². The van der Waals surface area contributed by atoms with Crippen LogP contribution in [0, 0.1) is 0 Å². The Bertz CT molecular complexity index is 400. The summed E-state index contributed by atoms with van der Waals surface area (Å²) < 4.78 is 0. The van der Waals surface area contributed by atoms with Crippen molar-refractivity contribution in [1.82, 2.24) is 21.3 Å². The number of hydrogen-bond acceptors (Lipinski definition) is 5. The van der Waals surface area contributed by atoms with Gasteiger partial charge in [0.05, 0.1) is 5.75 Å². The lowest BCUT2D eigenvalue weighted by Gasteiger charge is -2.30. The molecule has 3 amide bonds. The predicted molar refractivity (Wildman–Crippen MR) is 75.8 cm³/mol. The first-order chi connectivity index (χ1) is 9.56. The maximum absolute atomic E-state index is 11.7. The van der Waals surface area contributed by atoms with E-state index in [1.165, 1.54) is 11.8 Å². The summed E-state index contributed by atoms with van der Waals surface area (Å²) in [5.41, 5.74) is -0.327. The second kappa shape index (κ2) is 6.94. The molecule has 2 unspecified atom stereocenters. The number of nitrogens with one attached hydrogen (secondary N) is 4. The molecule has 0 spiro atoms. The van der Waals surface area contributed by atoms with E-state index in [4.69, 9.17) is 0 Å². The zero-order valence-electron chi connectivity index (χ0n) is 11.4. The fourth-order valence-corrected chi connectivity index (χ4v) is 2.90. The minimum atomic E-state index is -0.327. The van der Waals surface area contributed by atoms with Crippen LogP contribution in [0.3, 0.4) is 0 Å². The number of amides is 3. The summed E-state index contributed by atoms with van der Waals surface area (Å²) in [6.45, 7) is 0. The molecule has 4 N–H and O–H groups in total. The highest BCUT2D eigenvalue weighted by molar-refractivity contribution is 8.00. The highest BCUT2D eigenvalue weighted by Gasteiger charge is 2.29. The molecule has 2 fully saturated rings. The Labute approximate surface area is 122 Å². The van der Waals surface area contributed by atoms with E-state index in [1.807, 2.05) is 0 Å². The SMILES string of the molecule is CNC(=O)CSC1NC(=O)CC(CC(=O)NC2CC2)N1. The third kappa shape index (κ3) is 5.01. The lowest BCUT2D eigenvalue weighted by atomic mass is 10.1. The van der Waals surface area contributed by atoms with Crippen molar-refractivity contribution in [3.8, 4) is 0 Å². The maximum atomic E-state index is 11.7. The molecule has 2 atom stereocenters. The summed E-state index contributed by atoms with van der Waals surface area (Å²) in [5, 5.41) is 11.4. The summed E-state index contributed by atoms with van der Waals surface area (Å²) in [5.74, 6) is 0.0480. The Morgan fingerprint density at radius 3 is 2.75 bits per heavy atom. The standard InChI is InChI=1S/C12H20N4O3S/c1-13-11(19)6-20-12-15-8(5-10(18)16-12)4-9(17)14-7-2-3-7/h7-8,12,15H,2-6H2,1H3,(H,13,19)(H,14,17)(H,16,18). The van der Waals surface area contributed by atoms with Gasteiger partial charge in [-0.1, -0.05) is 0 Å². The second-order valence-electron chi connectivity index (χ2n) is 5.05. The van der Waals surface area contributed by atoms with E-state index in [1.54, 1.807) is 7.05 Å². The van der Waals surface area contributed by atoms with E-state index < -0.39 is 0 Å². The van der Waals surface area contributed by atoms with Gasteiger partial charge in [-0.2, -0.15) is 0 Å². The fraction of sp³-hybridized carbons (Fsp3) is 0.750. The van der Waals surface area contributed by atoms with Crippen LogP contribution >= 0.6 is 11.8 Å². The average Bonchev–Trinajstić information content (AvgIpc) is 3.18. The number of hydrogen-bond donors (Lipinski definition) is 4. The van der Waals surface area contributed by atoms with Gasteiger partial charge in [0.2, 0.25) is 17.7 Å². The van der Waals surface area contributed by atoms with E-state index in [2.05, 4.69) is 21.3 Å². The van der Waals surface area contributed by atoms with Crippen LogP contribution in [0.15, 0.2) is 0 Å². The maximum Gasteiger partial charge on any atom is 0.229 e. The van der Waals surface area contributed by atoms with Gasteiger partial charge in [-0.05, 0) is 12.8 Å². The van der Waals surface area contributed by atoms with Gasteiger partial charge in [0.15, 0.2) is 0 Å². The molecule has 0 aromatic heterocycles. The van der Waals surface area contributed by atoms with E-state index in [-0.39, 0.29) is 41.4 Å². The van der Waals surface area contributed by atoms with Crippen molar-refractivity contribution in [2.45, 2.75) is 43.3 Å². The Hall–Kier alpha value is -1.28. The third-order valence-corrected chi connectivity index (χ3v) is 4.16. The van der Waals surface area contributed by atoms with Gasteiger partial charge in [0.25, 0.3) is 0 Å². The monoisotopic (exact) mass is 300 g/mol. The summed E-state index contributed by atoms with van der Waals surface area (Å²) in [7, 11) is 1.57. The zero-order chi connectivity index (χ0) is 14.5. The summed E-state index contributed by atoms with van der Waals surface area (Å²) >= 11 is 1.30. The smallest absolute Gasteiger partial charge is 0.229 e. The summed E-state index contributed by atoms with van der Waals surface area (Å²) in [4.78, 5) is 34.5. The van der Waals surface area contributed by atoms with Gasteiger partial charge in [0.1, 0.15) is 5.50 Å². The van der Waals surface area contributed by atoms with Crippen LogP contribution < -0.4 is 21.3 Å². The van der Waals surface area contributed by atoms with Crippen LogP contribution in [0.1, 0.15) is 25.7 Å². The van der Waals surface area contributed by atoms with Crippen molar-refractivity contribution >= 4 is 29.5 Å². The Morgan fingerprint density at radius 2 is 2.10 bits per heavy atom. The molecule has 1 heterocycles. The van der Waals surface area contributed by atoms with Gasteiger partial charge < -0.3 is 16.0 Å². The first kappa shape index (κ1) is 15.1. The van der Waals surface area contributed by atoms with Crippen LogP contribution in [0.25, 0.3) is 0 Å². The molecular weight excluding hydrogens is 280 g/mol. The van der Waals surface area contributed by atoms with Crippen molar-refractivity contribution in [1.29, 1.82) is 0 Å². The molecular formula is C12H20N4O3S. The van der Waals surface area contributed by atoms with Gasteiger partial charge in [-0.25, -0.2) is 0 Å². The van der Waals surface area contributed by atoms with Crippen LogP contribution in [0.4, 0.5) is 0 Å². The largest absolute Gasteiger partial charge is 0.358 e. The molecule has 0 aromatic rings. The molecule has 8 heteroatoms. The van der Waals surface area contributed by atoms with Gasteiger partial charge >= 0.3 is 0 Å². The molecule has 0 aromatic carbocycles. The number of carbonyl (C=O) groups is 3. The molecule has 1 saturated carbocycles. The number of rotatable bonds is 6.